The van der Waals surface area contributed by atoms with E-state index in [1.165, 1.54) is 16.4 Å². The summed E-state index contributed by atoms with van der Waals surface area (Å²) in [6.45, 7) is 2.07. The minimum Gasteiger partial charge on any atom is -0.339 e. The summed E-state index contributed by atoms with van der Waals surface area (Å²) in [5.41, 5.74) is 0.926. The monoisotopic (exact) mass is 405 g/mol. The summed E-state index contributed by atoms with van der Waals surface area (Å²) in [4.78, 5) is 16.4. The molecule has 0 bridgehead atoms. The maximum Gasteiger partial charge on any atom is 0.243 e. The lowest BCUT2D eigenvalue weighted by atomic mass is 10.2. The van der Waals surface area contributed by atoms with Gasteiger partial charge in [-0.15, -0.1) is 0 Å². The fraction of sp³-hybridized carbons (Fsp3) is 0.350. The smallest absolute Gasteiger partial charge is 0.243 e. The Bertz CT molecular complexity index is 896. The van der Waals surface area contributed by atoms with Gasteiger partial charge >= 0.3 is 0 Å². The lowest BCUT2D eigenvalue weighted by molar-refractivity contribution is -0.133. The zero-order valence-electron chi connectivity index (χ0n) is 15.8. The van der Waals surface area contributed by atoms with Crippen molar-refractivity contribution in [1.82, 2.24) is 14.1 Å². The maximum atomic E-state index is 13.0. The van der Waals surface area contributed by atoms with Gasteiger partial charge in [0.15, 0.2) is 0 Å². The Labute approximate surface area is 165 Å². The summed E-state index contributed by atoms with van der Waals surface area (Å²) in [6.07, 6.45) is 0. The average molecular weight is 405 g/mol. The molecule has 0 N–H and O–H groups in total. The standard InChI is InChI=1S/C20H24FN3O3S/c1-22(15-17-7-9-18(21)10-8-17)16-20(25)23-11-13-24(14-12-23)28(26,27)19-5-3-2-4-6-19/h2-10H,11-16H2,1H3. The van der Waals surface area contributed by atoms with Crippen LogP contribution in [-0.4, -0.2) is 68.2 Å². The van der Waals surface area contributed by atoms with Crippen molar-refractivity contribution in [3.63, 3.8) is 0 Å². The number of sulfonamides is 1. The number of amides is 1. The maximum absolute atomic E-state index is 13.0. The Balaban J connectivity index is 1.51. The molecule has 2 aromatic carbocycles. The Morgan fingerprint density at radius 1 is 1.00 bits per heavy atom. The number of benzene rings is 2. The number of carbonyl (C=O) groups excluding carboxylic acids is 1. The summed E-state index contributed by atoms with van der Waals surface area (Å²) < 4.78 is 39.7. The van der Waals surface area contributed by atoms with E-state index in [9.17, 15) is 17.6 Å². The third kappa shape index (κ3) is 4.95. The third-order valence-electron chi connectivity index (χ3n) is 4.74. The SMILES string of the molecule is CN(CC(=O)N1CCN(S(=O)(=O)c2ccccc2)CC1)Cc1ccc(F)cc1. The van der Waals surface area contributed by atoms with Crippen LogP contribution in [0.5, 0.6) is 0 Å². The van der Waals surface area contributed by atoms with Crippen LogP contribution in [0, 0.1) is 5.82 Å². The topological polar surface area (TPSA) is 60.9 Å². The molecule has 0 spiro atoms. The lowest BCUT2D eigenvalue weighted by Gasteiger charge is -2.34. The molecule has 1 aliphatic rings. The summed E-state index contributed by atoms with van der Waals surface area (Å²) in [5.74, 6) is -0.327. The van der Waals surface area contributed by atoms with E-state index in [2.05, 4.69) is 0 Å². The summed E-state index contributed by atoms with van der Waals surface area (Å²) in [6, 6.07) is 14.5. The van der Waals surface area contributed by atoms with Crippen molar-refractivity contribution in [1.29, 1.82) is 0 Å². The Morgan fingerprint density at radius 3 is 2.21 bits per heavy atom. The summed E-state index contributed by atoms with van der Waals surface area (Å²) in [5, 5.41) is 0. The molecule has 28 heavy (non-hydrogen) atoms. The number of piperazine rings is 1. The van der Waals surface area contributed by atoms with Gasteiger partial charge in [-0.1, -0.05) is 30.3 Å². The molecule has 1 amide bonds. The Hall–Kier alpha value is -2.29. The van der Waals surface area contributed by atoms with Gasteiger partial charge in [0.05, 0.1) is 11.4 Å². The molecule has 8 heteroatoms. The van der Waals surface area contributed by atoms with Gasteiger partial charge in [-0.2, -0.15) is 4.31 Å². The molecule has 3 rings (SSSR count). The Kier molecular flexibility index (Phi) is 6.43. The first kappa shape index (κ1) is 20.4. The van der Waals surface area contributed by atoms with E-state index < -0.39 is 10.0 Å². The predicted octanol–water partition coefficient (Wildman–Crippen LogP) is 1.79. The van der Waals surface area contributed by atoms with Gasteiger partial charge in [0, 0.05) is 32.7 Å². The minimum atomic E-state index is -3.52. The molecule has 1 saturated heterocycles. The number of likely N-dealkylation sites (N-methyl/N-ethyl adjacent to an activating group) is 1. The van der Waals surface area contributed by atoms with E-state index in [-0.39, 0.29) is 36.3 Å². The van der Waals surface area contributed by atoms with Gasteiger partial charge in [-0.3, -0.25) is 9.69 Å². The normalized spacial score (nSPS) is 15.8. The van der Waals surface area contributed by atoms with E-state index in [0.29, 0.717) is 19.6 Å². The molecule has 0 atom stereocenters. The van der Waals surface area contributed by atoms with Crippen molar-refractivity contribution in [2.45, 2.75) is 11.4 Å². The number of hydrogen-bond donors (Lipinski definition) is 0. The van der Waals surface area contributed by atoms with Crippen LogP contribution in [0.3, 0.4) is 0 Å². The first-order chi connectivity index (χ1) is 13.4. The average Bonchev–Trinajstić information content (AvgIpc) is 2.70. The van der Waals surface area contributed by atoms with Crippen LogP contribution < -0.4 is 0 Å². The van der Waals surface area contributed by atoms with Gasteiger partial charge in [-0.05, 0) is 36.9 Å². The van der Waals surface area contributed by atoms with E-state index in [1.807, 2.05) is 11.9 Å². The molecule has 1 heterocycles. The highest BCUT2D eigenvalue weighted by molar-refractivity contribution is 7.89. The number of halogens is 1. The molecule has 0 saturated carbocycles. The van der Waals surface area contributed by atoms with Crippen LogP contribution in [0.1, 0.15) is 5.56 Å². The van der Waals surface area contributed by atoms with Crippen molar-refractivity contribution in [2.75, 3.05) is 39.8 Å². The second kappa shape index (κ2) is 8.81. The second-order valence-electron chi connectivity index (χ2n) is 6.90. The molecule has 0 radical (unpaired) electrons. The van der Waals surface area contributed by atoms with Crippen molar-refractivity contribution in [3.05, 3.63) is 66.0 Å². The summed E-state index contributed by atoms with van der Waals surface area (Å²) in [7, 11) is -1.69. The molecule has 1 aliphatic heterocycles. The zero-order valence-corrected chi connectivity index (χ0v) is 16.6. The minimum absolute atomic E-state index is 0.0404. The van der Waals surface area contributed by atoms with Crippen molar-refractivity contribution in [2.24, 2.45) is 0 Å². The van der Waals surface area contributed by atoms with Gasteiger partial charge in [-0.25, -0.2) is 12.8 Å². The van der Waals surface area contributed by atoms with Gasteiger partial charge in [0.2, 0.25) is 15.9 Å². The molecule has 6 nitrogen and oxygen atoms in total. The van der Waals surface area contributed by atoms with Gasteiger partial charge < -0.3 is 4.90 Å². The predicted molar refractivity (Wildman–Crippen MR) is 105 cm³/mol. The largest absolute Gasteiger partial charge is 0.339 e. The fourth-order valence-electron chi connectivity index (χ4n) is 3.21. The van der Waals surface area contributed by atoms with Crippen molar-refractivity contribution in [3.8, 4) is 0 Å². The highest BCUT2D eigenvalue weighted by Crippen LogP contribution is 2.17. The molecule has 0 unspecified atom stereocenters. The number of hydrogen-bond acceptors (Lipinski definition) is 4. The lowest BCUT2D eigenvalue weighted by Crippen LogP contribution is -2.52. The molecule has 150 valence electrons. The van der Waals surface area contributed by atoms with Crippen LogP contribution >= 0.6 is 0 Å². The van der Waals surface area contributed by atoms with Crippen LogP contribution in [0.2, 0.25) is 0 Å². The molecule has 2 aromatic rings. The van der Waals surface area contributed by atoms with E-state index in [1.54, 1.807) is 47.4 Å². The molecule has 1 fully saturated rings. The van der Waals surface area contributed by atoms with Gasteiger partial charge in [0.25, 0.3) is 0 Å². The molecular formula is C20H24FN3O3S. The quantitative estimate of drug-likeness (QED) is 0.735. The van der Waals surface area contributed by atoms with Gasteiger partial charge in [0.1, 0.15) is 5.82 Å². The van der Waals surface area contributed by atoms with E-state index >= 15 is 0 Å². The van der Waals surface area contributed by atoms with Crippen LogP contribution in [0.15, 0.2) is 59.5 Å². The second-order valence-corrected chi connectivity index (χ2v) is 8.83. The van der Waals surface area contributed by atoms with Crippen LogP contribution in [0.4, 0.5) is 4.39 Å². The first-order valence-corrected chi connectivity index (χ1v) is 10.6. The molecule has 0 aromatic heterocycles. The van der Waals surface area contributed by atoms with Crippen LogP contribution in [0.25, 0.3) is 0 Å². The van der Waals surface area contributed by atoms with Crippen LogP contribution in [-0.2, 0) is 21.4 Å². The molecule has 0 aliphatic carbocycles. The Morgan fingerprint density at radius 2 is 1.61 bits per heavy atom. The molecular weight excluding hydrogens is 381 g/mol. The zero-order chi connectivity index (χ0) is 20.1. The highest BCUT2D eigenvalue weighted by atomic mass is 32.2. The highest BCUT2D eigenvalue weighted by Gasteiger charge is 2.30. The number of nitrogens with zero attached hydrogens (tertiary/aromatic N) is 3. The van der Waals surface area contributed by atoms with Crippen molar-refractivity contribution >= 4 is 15.9 Å². The fourth-order valence-corrected chi connectivity index (χ4v) is 4.65. The first-order valence-electron chi connectivity index (χ1n) is 9.12. The summed E-state index contributed by atoms with van der Waals surface area (Å²) >= 11 is 0. The van der Waals surface area contributed by atoms with E-state index in [0.717, 1.165) is 5.56 Å². The van der Waals surface area contributed by atoms with E-state index in [4.69, 9.17) is 0 Å². The number of carbonyl (C=O) groups is 1. The third-order valence-corrected chi connectivity index (χ3v) is 6.66. The number of rotatable bonds is 6. The van der Waals surface area contributed by atoms with Crippen molar-refractivity contribution < 1.29 is 17.6 Å².